The van der Waals surface area contributed by atoms with E-state index in [4.69, 9.17) is 29.4 Å². The lowest BCUT2D eigenvalue weighted by atomic mass is 9.93. The number of nitrogens with zero attached hydrogens (tertiary/aromatic N) is 1. The van der Waals surface area contributed by atoms with E-state index in [1.807, 2.05) is 6.07 Å². The molecule has 2 heterocycles. The van der Waals surface area contributed by atoms with E-state index in [2.05, 4.69) is 0 Å². The lowest BCUT2D eigenvalue weighted by Gasteiger charge is -2.44. The van der Waals surface area contributed by atoms with Crippen LogP contribution in [0.15, 0.2) is 6.07 Å². The van der Waals surface area contributed by atoms with Crippen molar-refractivity contribution in [2.24, 2.45) is 0 Å². The van der Waals surface area contributed by atoms with Gasteiger partial charge in [0.25, 0.3) is 0 Å². The first-order chi connectivity index (χ1) is 14.5. The largest absolute Gasteiger partial charge is 0.463 e. The van der Waals surface area contributed by atoms with Crippen LogP contribution in [0.4, 0.5) is 5.00 Å². The van der Waals surface area contributed by atoms with Gasteiger partial charge in [0.15, 0.2) is 18.3 Å². The van der Waals surface area contributed by atoms with E-state index in [9.17, 15) is 24.4 Å². The molecule has 5 atom stereocenters. The average molecular weight is 454 g/mol. The average Bonchev–Trinajstić information content (AvgIpc) is 3.02. The van der Waals surface area contributed by atoms with Crippen molar-refractivity contribution in [1.82, 2.24) is 0 Å². The van der Waals surface area contributed by atoms with Gasteiger partial charge in [0, 0.05) is 32.6 Å². The van der Waals surface area contributed by atoms with Gasteiger partial charge in [0.1, 0.15) is 29.9 Å². The molecular formula is C19H22N2O9S. The number of nitrogen functional groups attached to an aromatic ring is 1. The number of esters is 4. The van der Waals surface area contributed by atoms with Gasteiger partial charge < -0.3 is 29.4 Å². The maximum absolute atomic E-state index is 11.8. The molecule has 1 aliphatic heterocycles. The Morgan fingerprint density at radius 3 is 2.03 bits per heavy atom. The van der Waals surface area contributed by atoms with Crippen LogP contribution < -0.4 is 5.73 Å². The highest BCUT2D eigenvalue weighted by Gasteiger charge is 2.53. The van der Waals surface area contributed by atoms with E-state index < -0.39 is 54.4 Å². The van der Waals surface area contributed by atoms with E-state index in [1.165, 1.54) is 13.0 Å². The number of rotatable bonds is 6. The molecule has 0 aromatic carbocycles. The highest BCUT2D eigenvalue weighted by Crippen LogP contribution is 2.41. The fraction of sp³-hybridized carbons (Fsp3) is 0.526. The second-order valence-corrected chi connectivity index (χ2v) is 7.77. The van der Waals surface area contributed by atoms with Gasteiger partial charge in [-0.15, -0.1) is 11.3 Å². The summed E-state index contributed by atoms with van der Waals surface area (Å²) in [6.07, 6.45) is -5.87. The van der Waals surface area contributed by atoms with Crippen LogP contribution in [0.3, 0.4) is 0 Å². The molecular weight excluding hydrogens is 432 g/mol. The van der Waals surface area contributed by atoms with Crippen molar-refractivity contribution in [3.8, 4) is 6.07 Å². The Hall–Kier alpha value is -3.17. The summed E-state index contributed by atoms with van der Waals surface area (Å²) in [6, 6.07) is 3.40. The summed E-state index contributed by atoms with van der Waals surface area (Å²) in [5, 5.41) is 9.43. The van der Waals surface area contributed by atoms with Crippen LogP contribution in [-0.2, 0) is 42.9 Å². The molecule has 11 nitrogen and oxygen atoms in total. The minimum Gasteiger partial charge on any atom is -0.463 e. The van der Waals surface area contributed by atoms with Crippen molar-refractivity contribution in [2.75, 3.05) is 12.3 Å². The van der Waals surface area contributed by atoms with E-state index in [0.717, 1.165) is 32.1 Å². The molecule has 2 N–H and O–H groups in total. The molecule has 31 heavy (non-hydrogen) atoms. The molecule has 1 fully saturated rings. The maximum atomic E-state index is 11.8. The zero-order valence-corrected chi connectivity index (χ0v) is 18.1. The number of carbonyl (C=O) groups is 4. The molecule has 0 spiro atoms. The van der Waals surface area contributed by atoms with E-state index >= 15 is 0 Å². The Morgan fingerprint density at radius 1 is 1.00 bits per heavy atom. The molecule has 1 saturated heterocycles. The maximum Gasteiger partial charge on any atom is 0.303 e. The van der Waals surface area contributed by atoms with Crippen LogP contribution in [0.1, 0.15) is 44.2 Å². The van der Waals surface area contributed by atoms with Crippen molar-refractivity contribution in [1.29, 1.82) is 5.26 Å². The Balaban J connectivity index is 2.56. The summed E-state index contributed by atoms with van der Waals surface area (Å²) >= 11 is 1.02. The second kappa shape index (κ2) is 10.2. The van der Waals surface area contributed by atoms with Crippen molar-refractivity contribution in [3.05, 3.63) is 16.5 Å². The molecule has 0 radical (unpaired) electrons. The minimum atomic E-state index is -1.28. The van der Waals surface area contributed by atoms with E-state index in [0.29, 0.717) is 4.88 Å². The van der Waals surface area contributed by atoms with Crippen molar-refractivity contribution in [2.45, 2.75) is 58.2 Å². The molecule has 0 aliphatic carbocycles. The van der Waals surface area contributed by atoms with Crippen LogP contribution in [-0.4, -0.2) is 54.9 Å². The summed E-state index contributed by atoms with van der Waals surface area (Å²) in [5.74, 6) is -2.76. The molecule has 1 aliphatic rings. The number of nitrogens with two attached hydrogens (primary N) is 1. The lowest BCUT2D eigenvalue weighted by Crippen LogP contribution is -2.59. The minimum absolute atomic E-state index is 0.188. The molecule has 0 bridgehead atoms. The topological polar surface area (TPSA) is 164 Å². The smallest absolute Gasteiger partial charge is 0.303 e. The normalized spacial score (nSPS) is 25.1. The molecule has 2 rings (SSSR count). The van der Waals surface area contributed by atoms with Crippen LogP contribution in [0, 0.1) is 11.3 Å². The molecule has 168 valence electrons. The van der Waals surface area contributed by atoms with Gasteiger partial charge >= 0.3 is 23.9 Å². The SMILES string of the molecule is CC(=O)OC[C@H]1O[C@H](c2cc(C#N)c(N)s2)[C@H](OC(C)=O)[C@@H](OC(C)=O)[C@H]1OC(C)=O. The number of carbonyl (C=O) groups excluding carboxylic acids is 4. The predicted molar refractivity (Wildman–Crippen MR) is 104 cm³/mol. The van der Waals surface area contributed by atoms with Gasteiger partial charge in [-0.2, -0.15) is 5.26 Å². The second-order valence-electron chi connectivity index (χ2n) is 6.66. The monoisotopic (exact) mass is 454 g/mol. The predicted octanol–water partition coefficient (Wildman–Crippen LogP) is 1.00. The van der Waals surface area contributed by atoms with Gasteiger partial charge in [-0.25, -0.2) is 0 Å². The molecule has 1 aromatic heterocycles. The summed E-state index contributed by atoms with van der Waals surface area (Å²) in [7, 11) is 0. The summed E-state index contributed by atoms with van der Waals surface area (Å²) in [6.45, 7) is 4.28. The van der Waals surface area contributed by atoms with Crippen LogP contribution in [0.2, 0.25) is 0 Å². The van der Waals surface area contributed by atoms with Gasteiger partial charge in [0.2, 0.25) is 0 Å². The van der Waals surface area contributed by atoms with Crippen LogP contribution in [0.25, 0.3) is 0 Å². The third-order valence-electron chi connectivity index (χ3n) is 4.17. The number of thiophene rings is 1. The van der Waals surface area contributed by atoms with E-state index in [1.54, 1.807) is 0 Å². The zero-order chi connectivity index (χ0) is 23.3. The number of nitriles is 1. The van der Waals surface area contributed by atoms with Gasteiger partial charge in [-0.05, 0) is 6.07 Å². The summed E-state index contributed by atoms with van der Waals surface area (Å²) in [5.41, 5.74) is 6.04. The number of anilines is 1. The molecule has 0 unspecified atom stereocenters. The molecule has 0 amide bonds. The summed E-state index contributed by atoms with van der Waals surface area (Å²) in [4.78, 5) is 47.1. The first kappa shape index (κ1) is 24.1. The number of hydrogen-bond acceptors (Lipinski definition) is 12. The number of hydrogen-bond donors (Lipinski definition) is 1. The third kappa shape index (κ3) is 6.16. The highest BCUT2D eigenvalue weighted by atomic mass is 32.1. The van der Waals surface area contributed by atoms with Crippen molar-refractivity contribution >= 4 is 40.2 Å². The first-order valence-corrected chi connectivity index (χ1v) is 9.94. The Labute approximate surface area is 181 Å². The van der Waals surface area contributed by atoms with Crippen molar-refractivity contribution < 1.29 is 42.9 Å². The Kier molecular flexibility index (Phi) is 7.95. The van der Waals surface area contributed by atoms with E-state index in [-0.39, 0.29) is 17.2 Å². The zero-order valence-electron chi connectivity index (χ0n) is 17.3. The lowest BCUT2D eigenvalue weighted by molar-refractivity contribution is -0.254. The standard InChI is InChI=1S/C19H22N2O9S/c1-8(22)26-7-13-15(27-9(2)23)17(28-10(3)24)18(29-11(4)25)16(30-13)14-5-12(6-20)19(21)31-14/h5,13,15-18H,7,21H2,1-4H3/t13-,15+,16-,17+,18+/m1/s1. The van der Waals surface area contributed by atoms with Gasteiger partial charge in [0.05, 0.1) is 5.56 Å². The molecule has 1 aromatic rings. The first-order valence-electron chi connectivity index (χ1n) is 9.13. The fourth-order valence-corrected chi connectivity index (χ4v) is 4.06. The van der Waals surface area contributed by atoms with Crippen LogP contribution in [0.5, 0.6) is 0 Å². The fourth-order valence-electron chi connectivity index (χ4n) is 3.11. The van der Waals surface area contributed by atoms with Crippen molar-refractivity contribution in [3.63, 3.8) is 0 Å². The number of ether oxygens (including phenoxy) is 5. The van der Waals surface area contributed by atoms with Gasteiger partial charge in [-0.3, -0.25) is 19.2 Å². The third-order valence-corrected chi connectivity index (χ3v) is 5.20. The Morgan fingerprint density at radius 2 is 1.55 bits per heavy atom. The molecule has 12 heteroatoms. The summed E-state index contributed by atoms with van der Waals surface area (Å²) < 4.78 is 27.1. The molecule has 0 saturated carbocycles. The Bertz CT molecular complexity index is 907. The van der Waals surface area contributed by atoms with Gasteiger partial charge in [-0.1, -0.05) is 0 Å². The van der Waals surface area contributed by atoms with Crippen LogP contribution >= 0.6 is 11.3 Å². The highest BCUT2D eigenvalue weighted by molar-refractivity contribution is 7.16. The quantitative estimate of drug-likeness (QED) is 0.481.